The molecule has 0 spiro atoms. The summed E-state index contributed by atoms with van der Waals surface area (Å²) in [5.41, 5.74) is 0.113. The first-order chi connectivity index (χ1) is 21.8. The molecule has 0 aliphatic carbocycles. The molecule has 1 atom stereocenters. The lowest BCUT2D eigenvalue weighted by atomic mass is 10.1. The minimum Gasteiger partial charge on any atom is -0.453 e. The smallest absolute Gasteiger partial charge is 0.417 e. The van der Waals surface area contributed by atoms with Gasteiger partial charge in [0.15, 0.2) is 11.6 Å². The van der Waals surface area contributed by atoms with Gasteiger partial charge in [0.1, 0.15) is 11.3 Å². The van der Waals surface area contributed by atoms with E-state index in [9.17, 15) is 34.8 Å². The molecular weight excluding hydrogens is 671 g/mol. The van der Waals surface area contributed by atoms with Crippen LogP contribution in [-0.4, -0.2) is 128 Å². The van der Waals surface area contributed by atoms with Crippen LogP contribution in [0.5, 0.6) is 0 Å². The second kappa shape index (κ2) is 14.2. The molecule has 0 saturated carbocycles. The average Bonchev–Trinajstić information content (AvgIpc) is 3.38. The van der Waals surface area contributed by atoms with Crippen LogP contribution in [0.3, 0.4) is 0 Å². The van der Waals surface area contributed by atoms with Crippen molar-refractivity contribution in [1.29, 1.82) is 0 Å². The number of aromatic nitrogens is 4. The van der Waals surface area contributed by atoms with Crippen molar-refractivity contribution in [2.75, 3.05) is 75.7 Å². The molecule has 0 aromatic carbocycles. The summed E-state index contributed by atoms with van der Waals surface area (Å²) in [6, 6.07) is 2.66. The maximum atomic E-state index is 14.2. The second-order valence-corrected chi connectivity index (χ2v) is 14.5. The lowest BCUT2D eigenvalue weighted by Gasteiger charge is -2.35. The molecule has 3 N–H and O–H groups in total. The molecule has 2 fully saturated rings. The molecular formula is C26H36F3N9O7S2. The number of sulfonamides is 1. The topological polar surface area (TPSA) is 192 Å². The Morgan fingerprint density at radius 1 is 1.13 bits per heavy atom. The molecule has 5 rings (SSSR count). The number of carbonyl (C=O) groups is 1. The van der Waals surface area contributed by atoms with E-state index < -0.39 is 38.0 Å². The van der Waals surface area contributed by atoms with E-state index in [0.717, 1.165) is 24.9 Å². The number of nitrogens with zero attached hydrogens (tertiary/aromatic N) is 7. The van der Waals surface area contributed by atoms with Gasteiger partial charge in [0, 0.05) is 70.8 Å². The van der Waals surface area contributed by atoms with E-state index in [1.165, 1.54) is 15.1 Å². The van der Waals surface area contributed by atoms with Gasteiger partial charge in [-0.1, -0.05) is 0 Å². The fraction of sp³-hybridized carbons (Fsp3) is 0.538. The maximum absolute atomic E-state index is 14.2. The van der Waals surface area contributed by atoms with Crippen LogP contribution in [0, 0.1) is 0 Å². The Hall–Kier alpha value is -3.63. The van der Waals surface area contributed by atoms with Crippen LogP contribution >= 0.6 is 0 Å². The number of rotatable bonds is 6. The SMILES string of the molecule is COC(=O)Nc1cc(C(F)(F)F)c(-c2nc(N3CCNC[C@@H]3C)c3cc(CN4CCN(S(C)(=O)=O)CC4)cn3n2)cn1.CS(=O)(=O)O. The van der Waals surface area contributed by atoms with Crippen LogP contribution < -0.4 is 15.5 Å². The quantitative estimate of drug-likeness (QED) is 0.312. The van der Waals surface area contributed by atoms with Crippen LogP contribution in [0.2, 0.25) is 0 Å². The molecule has 21 heteroatoms. The molecule has 5 heterocycles. The molecule has 47 heavy (non-hydrogen) atoms. The summed E-state index contributed by atoms with van der Waals surface area (Å²) < 4.78 is 99.8. The predicted molar refractivity (Wildman–Crippen MR) is 166 cm³/mol. The number of nitrogens with one attached hydrogen (secondary N) is 2. The third kappa shape index (κ3) is 9.70. The molecule has 3 aromatic rings. The van der Waals surface area contributed by atoms with Crippen molar-refractivity contribution >= 4 is 43.4 Å². The number of ether oxygens (including phenoxy) is 1. The monoisotopic (exact) mass is 707 g/mol. The van der Waals surface area contributed by atoms with Gasteiger partial charge in [0.05, 0.1) is 30.7 Å². The maximum Gasteiger partial charge on any atom is 0.417 e. The van der Waals surface area contributed by atoms with Crippen molar-refractivity contribution in [3.05, 3.63) is 35.7 Å². The Bertz CT molecular complexity index is 1810. The summed E-state index contributed by atoms with van der Waals surface area (Å²) in [5, 5.41) is 9.94. The van der Waals surface area contributed by atoms with Crippen molar-refractivity contribution in [3.63, 3.8) is 0 Å². The van der Waals surface area contributed by atoms with Crippen molar-refractivity contribution in [3.8, 4) is 11.4 Å². The van der Waals surface area contributed by atoms with E-state index in [4.69, 9.17) is 4.55 Å². The minimum absolute atomic E-state index is 0.0135. The van der Waals surface area contributed by atoms with E-state index in [1.54, 1.807) is 6.20 Å². The third-order valence-corrected chi connectivity index (χ3v) is 8.65. The van der Waals surface area contributed by atoms with Gasteiger partial charge in [-0.2, -0.15) is 25.9 Å². The van der Waals surface area contributed by atoms with E-state index in [2.05, 4.69) is 35.3 Å². The highest BCUT2D eigenvalue weighted by Gasteiger charge is 2.36. The van der Waals surface area contributed by atoms with E-state index in [-0.39, 0.29) is 23.2 Å². The number of amides is 1. The number of hydrogen-bond acceptors (Lipinski definition) is 12. The number of fused-ring (bicyclic) bond motifs is 1. The van der Waals surface area contributed by atoms with Gasteiger partial charge in [0.2, 0.25) is 10.0 Å². The number of carbonyl (C=O) groups excluding carboxylic acids is 1. The molecule has 16 nitrogen and oxygen atoms in total. The van der Waals surface area contributed by atoms with Crippen LogP contribution in [0.15, 0.2) is 24.5 Å². The fourth-order valence-electron chi connectivity index (χ4n) is 5.17. The summed E-state index contributed by atoms with van der Waals surface area (Å²) in [6.07, 6.45) is -1.08. The first-order valence-corrected chi connectivity index (χ1v) is 17.9. The molecule has 1 amide bonds. The lowest BCUT2D eigenvalue weighted by molar-refractivity contribution is -0.137. The Morgan fingerprint density at radius 2 is 1.79 bits per heavy atom. The molecule has 2 saturated heterocycles. The third-order valence-electron chi connectivity index (χ3n) is 7.35. The zero-order chi connectivity index (χ0) is 34.7. The van der Waals surface area contributed by atoms with Crippen LogP contribution in [0.1, 0.15) is 18.1 Å². The zero-order valence-electron chi connectivity index (χ0n) is 26.0. The standard InChI is InChI=1S/C25H32F3N9O4S.CH4O3S/c1-16-12-29-4-5-36(16)23-20-10-17(14-34-6-8-35(9-7-34)42(3,39)40)15-37(20)33-22(32-23)18-13-30-21(31-24(38)41-2)11-19(18)25(26,27)28;1-5(2,3)4/h10-11,13,15-16,29H,4-9,12,14H2,1-3H3,(H,30,31,38);1H3,(H,2,3,4)/t16-;/m0./s1. The Labute approximate surface area is 269 Å². The molecule has 260 valence electrons. The van der Waals surface area contributed by atoms with Crippen molar-refractivity contribution in [2.24, 2.45) is 0 Å². The highest BCUT2D eigenvalue weighted by molar-refractivity contribution is 7.88. The lowest BCUT2D eigenvalue weighted by Crippen LogP contribution is -2.50. The summed E-state index contributed by atoms with van der Waals surface area (Å²) in [6.45, 7) is 6.32. The predicted octanol–water partition coefficient (Wildman–Crippen LogP) is 1.37. The van der Waals surface area contributed by atoms with Gasteiger partial charge in [-0.15, -0.1) is 5.10 Å². The number of piperazine rings is 2. The normalized spacial score (nSPS) is 18.5. The second-order valence-electron chi connectivity index (χ2n) is 11.1. The summed E-state index contributed by atoms with van der Waals surface area (Å²) >= 11 is 0. The number of hydrogen-bond donors (Lipinski definition) is 3. The van der Waals surface area contributed by atoms with E-state index in [1.807, 2.05) is 17.9 Å². The fourth-order valence-corrected chi connectivity index (χ4v) is 6.00. The van der Waals surface area contributed by atoms with Crippen LogP contribution in [-0.2, 0) is 37.6 Å². The molecule has 0 unspecified atom stereocenters. The summed E-state index contributed by atoms with van der Waals surface area (Å²) in [5.74, 6) is -0.00204. The Kier molecular flexibility index (Phi) is 11.0. The van der Waals surface area contributed by atoms with Gasteiger partial charge < -0.3 is 15.0 Å². The minimum atomic E-state index is -4.79. The first kappa shape index (κ1) is 36.2. The van der Waals surface area contributed by atoms with Crippen molar-refractivity contribution in [1.82, 2.24) is 34.1 Å². The molecule has 0 radical (unpaired) electrons. The summed E-state index contributed by atoms with van der Waals surface area (Å²) in [7, 11) is -5.83. The Balaban J connectivity index is 0.000000930. The highest BCUT2D eigenvalue weighted by Crippen LogP contribution is 2.38. The zero-order valence-corrected chi connectivity index (χ0v) is 27.7. The van der Waals surface area contributed by atoms with Gasteiger partial charge >= 0.3 is 12.3 Å². The molecule has 0 bridgehead atoms. The highest BCUT2D eigenvalue weighted by atomic mass is 32.2. The van der Waals surface area contributed by atoms with E-state index >= 15 is 0 Å². The number of halogens is 3. The van der Waals surface area contributed by atoms with E-state index in [0.29, 0.717) is 69.9 Å². The summed E-state index contributed by atoms with van der Waals surface area (Å²) in [4.78, 5) is 24.4. The van der Waals surface area contributed by atoms with Crippen molar-refractivity contribution < 1.29 is 44.1 Å². The molecule has 2 aliphatic rings. The van der Waals surface area contributed by atoms with Gasteiger partial charge in [-0.3, -0.25) is 14.8 Å². The van der Waals surface area contributed by atoms with Gasteiger partial charge in [-0.05, 0) is 24.6 Å². The number of methoxy groups -OCH3 is 1. The number of pyridine rings is 1. The van der Waals surface area contributed by atoms with Crippen LogP contribution in [0.25, 0.3) is 16.9 Å². The number of alkyl halides is 3. The Morgan fingerprint density at radius 3 is 2.36 bits per heavy atom. The molecule has 3 aromatic heterocycles. The average molecular weight is 708 g/mol. The first-order valence-electron chi connectivity index (χ1n) is 14.2. The molecule has 2 aliphatic heterocycles. The van der Waals surface area contributed by atoms with Gasteiger partial charge in [-0.25, -0.2) is 27.7 Å². The van der Waals surface area contributed by atoms with Gasteiger partial charge in [0.25, 0.3) is 10.1 Å². The largest absolute Gasteiger partial charge is 0.453 e. The number of anilines is 2. The van der Waals surface area contributed by atoms with Crippen molar-refractivity contribution in [2.45, 2.75) is 25.7 Å². The van der Waals surface area contributed by atoms with Crippen LogP contribution in [0.4, 0.5) is 29.6 Å².